The number of rotatable bonds is 6. The molecule has 12 heteroatoms. The molecule has 0 radical (unpaired) electrons. The maximum absolute atomic E-state index is 14.4. The van der Waals surface area contributed by atoms with Gasteiger partial charge in [-0.15, -0.1) is 10.2 Å². The molecule has 0 bridgehead atoms. The third kappa shape index (κ3) is 4.53. The van der Waals surface area contributed by atoms with Crippen LogP contribution in [0.4, 0.5) is 17.6 Å². The largest absolute Gasteiger partial charge is 0.493 e. The van der Waals surface area contributed by atoms with Crippen LogP contribution in [-0.4, -0.2) is 41.6 Å². The van der Waals surface area contributed by atoms with Crippen LogP contribution in [0.5, 0.6) is 11.5 Å². The lowest BCUT2D eigenvalue weighted by molar-refractivity contribution is -0.147. The summed E-state index contributed by atoms with van der Waals surface area (Å²) in [6.07, 6.45) is -7.82. The van der Waals surface area contributed by atoms with Gasteiger partial charge in [0.2, 0.25) is 5.82 Å². The molecule has 4 rings (SSSR count). The Morgan fingerprint density at radius 1 is 1.11 bits per heavy atom. The van der Waals surface area contributed by atoms with E-state index >= 15 is 0 Å². The second-order valence-electron chi connectivity index (χ2n) is 7.51. The number of benzene rings is 2. The van der Waals surface area contributed by atoms with E-state index in [1.54, 1.807) is 25.1 Å². The minimum Gasteiger partial charge on any atom is -0.493 e. The van der Waals surface area contributed by atoms with Gasteiger partial charge in [0, 0.05) is 11.1 Å². The molecule has 0 spiro atoms. The van der Waals surface area contributed by atoms with Crippen molar-refractivity contribution < 1.29 is 41.3 Å². The number of methoxy groups -OCH3 is 2. The van der Waals surface area contributed by atoms with Gasteiger partial charge in [-0.05, 0) is 31.2 Å². The van der Waals surface area contributed by atoms with Crippen LogP contribution in [0.1, 0.15) is 48.3 Å². The Balaban J connectivity index is 2.00. The van der Waals surface area contributed by atoms with Gasteiger partial charge in [-0.1, -0.05) is 12.1 Å². The molecule has 35 heavy (non-hydrogen) atoms. The molecule has 186 valence electrons. The molecule has 0 N–H and O–H groups in total. The predicted octanol–water partition coefficient (Wildman–Crippen LogP) is 4.56. The van der Waals surface area contributed by atoms with Crippen LogP contribution in [0.25, 0.3) is 5.69 Å². The average Bonchev–Trinajstić information content (AvgIpc) is 3.22. The number of hydrogen-bond acceptors (Lipinski definition) is 7. The number of esters is 1. The van der Waals surface area contributed by atoms with Gasteiger partial charge in [-0.25, -0.2) is 4.39 Å². The maximum atomic E-state index is 14.4. The summed E-state index contributed by atoms with van der Waals surface area (Å²) in [5.41, 5.74) is 0.342. The first-order valence-corrected chi connectivity index (χ1v) is 10.5. The smallest absolute Gasteiger partial charge is 0.452 e. The number of para-hydroxylation sites is 1. The van der Waals surface area contributed by atoms with E-state index in [0.29, 0.717) is 11.3 Å². The van der Waals surface area contributed by atoms with Crippen molar-refractivity contribution in [3.8, 4) is 17.2 Å². The fourth-order valence-corrected chi connectivity index (χ4v) is 4.03. The van der Waals surface area contributed by atoms with E-state index in [2.05, 4.69) is 10.2 Å². The zero-order valence-electron chi connectivity index (χ0n) is 18.9. The first-order chi connectivity index (χ1) is 16.7. The van der Waals surface area contributed by atoms with Gasteiger partial charge in [0.05, 0.1) is 32.9 Å². The standard InChI is InChI=1S/C23H21F4N3O5/c1-4-34-18(31)11-17-21-28-29-22(23(25,26)27)30(21)15-9-8-12(24)10-14(15)19(35-17)13-6-5-7-16(32-2)20(13)33-3/h5-10,17,19H,4,11H2,1-3H3/t17-,19-/m1/s1. The average molecular weight is 495 g/mol. The summed E-state index contributed by atoms with van der Waals surface area (Å²) < 4.78 is 78.9. The third-order valence-electron chi connectivity index (χ3n) is 5.42. The molecule has 1 aliphatic rings. The lowest BCUT2D eigenvalue weighted by Gasteiger charge is -2.24. The number of nitrogens with zero attached hydrogens (tertiary/aromatic N) is 3. The summed E-state index contributed by atoms with van der Waals surface area (Å²) in [5, 5.41) is 7.03. The first-order valence-electron chi connectivity index (χ1n) is 10.5. The number of hydrogen-bond donors (Lipinski definition) is 0. The van der Waals surface area contributed by atoms with Crippen LogP contribution < -0.4 is 9.47 Å². The minimum atomic E-state index is -4.89. The third-order valence-corrected chi connectivity index (χ3v) is 5.42. The van der Waals surface area contributed by atoms with E-state index in [-0.39, 0.29) is 29.4 Å². The molecule has 0 saturated carbocycles. The summed E-state index contributed by atoms with van der Waals surface area (Å²) in [4.78, 5) is 12.3. The van der Waals surface area contributed by atoms with Crippen molar-refractivity contribution in [1.82, 2.24) is 14.8 Å². The Morgan fingerprint density at radius 3 is 2.54 bits per heavy atom. The zero-order chi connectivity index (χ0) is 25.3. The number of fused-ring (bicyclic) bond motifs is 3. The SMILES string of the molecule is CCOC(=O)C[C@H]1O[C@H](c2cccc(OC)c2OC)c2cc(F)ccc2-n2c1nnc2C(F)(F)F. The van der Waals surface area contributed by atoms with E-state index in [1.807, 2.05) is 0 Å². The lowest BCUT2D eigenvalue weighted by atomic mass is 9.98. The van der Waals surface area contributed by atoms with E-state index in [9.17, 15) is 22.4 Å². The van der Waals surface area contributed by atoms with Crippen molar-refractivity contribution in [2.45, 2.75) is 31.7 Å². The molecule has 3 aromatic rings. The maximum Gasteiger partial charge on any atom is 0.452 e. The van der Waals surface area contributed by atoms with Gasteiger partial charge in [-0.3, -0.25) is 9.36 Å². The van der Waals surface area contributed by atoms with E-state index in [1.165, 1.54) is 20.3 Å². The number of alkyl halides is 3. The van der Waals surface area contributed by atoms with Gasteiger partial charge >= 0.3 is 12.1 Å². The molecule has 0 saturated heterocycles. The quantitative estimate of drug-likeness (QED) is 0.366. The van der Waals surface area contributed by atoms with E-state index in [0.717, 1.165) is 16.7 Å². The number of ether oxygens (including phenoxy) is 4. The normalized spacial score (nSPS) is 17.2. The van der Waals surface area contributed by atoms with Crippen molar-refractivity contribution in [2.75, 3.05) is 20.8 Å². The van der Waals surface area contributed by atoms with Crippen LogP contribution in [0, 0.1) is 5.82 Å². The van der Waals surface area contributed by atoms with E-state index < -0.39 is 42.4 Å². The van der Waals surface area contributed by atoms with Crippen LogP contribution in [-0.2, 0) is 20.4 Å². The van der Waals surface area contributed by atoms with Crippen LogP contribution in [0.2, 0.25) is 0 Å². The first kappa shape index (κ1) is 24.5. The van der Waals surface area contributed by atoms with Gasteiger partial charge in [-0.2, -0.15) is 13.2 Å². The minimum absolute atomic E-state index is 0.0504. The highest BCUT2D eigenvalue weighted by Gasteiger charge is 2.44. The Hall–Kier alpha value is -3.67. The molecule has 0 fully saturated rings. The topological polar surface area (TPSA) is 84.7 Å². The van der Waals surface area contributed by atoms with Gasteiger partial charge in [0.25, 0.3) is 0 Å². The molecule has 0 aliphatic carbocycles. The second-order valence-corrected chi connectivity index (χ2v) is 7.51. The molecule has 2 heterocycles. The second kappa shape index (κ2) is 9.53. The van der Waals surface area contributed by atoms with Crippen molar-refractivity contribution in [2.24, 2.45) is 0 Å². The fourth-order valence-electron chi connectivity index (χ4n) is 4.03. The Kier molecular flexibility index (Phi) is 6.66. The lowest BCUT2D eigenvalue weighted by Crippen LogP contribution is -2.18. The Bertz CT molecular complexity index is 1240. The van der Waals surface area contributed by atoms with Crippen LogP contribution in [0.3, 0.4) is 0 Å². The predicted molar refractivity (Wildman–Crippen MR) is 113 cm³/mol. The number of halogens is 4. The van der Waals surface area contributed by atoms with Crippen LogP contribution in [0.15, 0.2) is 36.4 Å². The summed E-state index contributed by atoms with van der Waals surface area (Å²) in [5.74, 6) is -2.47. The monoisotopic (exact) mass is 495 g/mol. The molecule has 8 nitrogen and oxygen atoms in total. The molecule has 1 aromatic heterocycles. The zero-order valence-corrected chi connectivity index (χ0v) is 18.9. The van der Waals surface area contributed by atoms with Crippen molar-refractivity contribution in [3.05, 3.63) is 65.0 Å². The molecule has 2 atom stereocenters. The molecule has 2 aromatic carbocycles. The number of aromatic nitrogens is 3. The fraction of sp³-hybridized carbons (Fsp3) is 0.348. The van der Waals surface area contributed by atoms with Gasteiger partial charge in [0.1, 0.15) is 18.0 Å². The van der Waals surface area contributed by atoms with Crippen LogP contribution >= 0.6 is 0 Å². The summed E-state index contributed by atoms with van der Waals surface area (Å²) in [7, 11) is 2.81. The Labute approximate surface area is 197 Å². The van der Waals surface area contributed by atoms with Gasteiger partial charge in [0.15, 0.2) is 17.3 Å². The molecule has 1 aliphatic heterocycles. The highest BCUT2D eigenvalue weighted by atomic mass is 19.4. The molecular weight excluding hydrogens is 474 g/mol. The highest BCUT2D eigenvalue weighted by Crippen LogP contribution is 2.47. The molecule has 0 amide bonds. The summed E-state index contributed by atoms with van der Waals surface area (Å²) in [6.45, 7) is 1.66. The highest BCUT2D eigenvalue weighted by molar-refractivity contribution is 5.70. The van der Waals surface area contributed by atoms with Gasteiger partial charge < -0.3 is 18.9 Å². The molecular formula is C23H21F4N3O5. The summed E-state index contributed by atoms with van der Waals surface area (Å²) >= 11 is 0. The number of carbonyl (C=O) groups is 1. The van der Waals surface area contributed by atoms with Crippen molar-refractivity contribution >= 4 is 5.97 Å². The number of carbonyl (C=O) groups excluding carboxylic acids is 1. The summed E-state index contributed by atoms with van der Waals surface area (Å²) in [6, 6.07) is 8.13. The molecule has 0 unspecified atom stereocenters. The van der Waals surface area contributed by atoms with Crippen molar-refractivity contribution in [3.63, 3.8) is 0 Å². The Morgan fingerprint density at radius 2 is 1.89 bits per heavy atom. The van der Waals surface area contributed by atoms with E-state index in [4.69, 9.17) is 18.9 Å². The van der Waals surface area contributed by atoms with Crippen molar-refractivity contribution in [1.29, 1.82) is 0 Å².